The highest BCUT2D eigenvalue weighted by Gasteiger charge is 2.24. The minimum absolute atomic E-state index is 0.0439. The lowest BCUT2D eigenvalue weighted by atomic mass is 10.1. The molecule has 0 fully saturated rings. The maximum absolute atomic E-state index is 13.1. The van der Waals surface area contributed by atoms with Crippen LogP contribution in [0.3, 0.4) is 0 Å². The lowest BCUT2D eigenvalue weighted by molar-refractivity contribution is 0.531. The minimum atomic E-state index is -2.64. The van der Waals surface area contributed by atoms with Gasteiger partial charge in [-0.05, 0) is 25.0 Å². The van der Waals surface area contributed by atoms with Crippen LogP contribution in [0, 0.1) is 0 Å². The lowest BCUT2D eigenvalue weighted by Crippen LogP contribution is -2.28. The van der Waals surface area contributed by atoms with Gasteiger partial charge in [0.1, 0.15) is 0 Å². The van der Waals surface area contributed by atoms with Gasteiger partial charge in [-0.25, -0.2) is 10.2 Å². The topological polar surface area (TPSA) is 41.1 Å². The molecule has 2 N–H and O–H groups in total. The summed E-state index contributed by atoms with van der Waals surface area (Å²) in [6.07, 6.45) is 0.571. The Labute approximate surface area is 133 Å². The largest absolute Gasteiger partial charge is 0.289 e. The average Bonchev–Trinajstić information content (AvgIpc) is 2.56. The fourth-order valence-electron chi connectivity index (χ4n) is 2.48. The van der Waals surface area contributed by atoms with Crippen LogP contribution < -0.4 is 10.2 Å². The fraction of sp³-hybridized carbons (Fsp3) is 0.333. The number of rotatable bonds is 7. The van der Waals surface area contributed by atoms with Gasteiger partial charge in [-0.1, -0.05) is 67.6 Å². The van der Waals surface area contributed by atoms with Gasteiger partial charge in [0.05, 0.1) is 0 Å². The van der Waals surface area contributed by atoms with Crippen molar-refractivity contribution in [3.8, 4) is 0 Å². The van der Waals surface area contributed by atoms with E-state index >= 15 is 0 Å². The molecule has 0 saturated heterocycles. The Bertz CT molecular complexity index is 564. The highest BCUT2D eigenvalue weighted by molar-refractivity contribution is 7.59. The average molecular weight is 316 g/mol. The summed E-state index contributed by atoms with van der Waals surface area (Å²) in [7, 11) is -2.64. The Balaban J connectivity index is 2.07. The molecule has 0 aliphatic heterocycles. The summed E-state index contributed by atoms with van der Waals surface area (Å²) >= 11 is 0. The van der Waals surface area contributed by atoms with E-state index in [0.717, 1.165) is 11.1 Å². The molecule has 4 heteroatoms. The van der Waals surface area contributed by atoms with Crippen molar-refractivity contribution in [2.75, 3.05) is 6.16 Å². The van der Waals surface area contributed by atoms with E-state index in [4.69, 9.17) is 0 Å². The van der Waals surface area contributed by atoms with Gasteiger partial charge >= 0.3 is 0 Å². The smallest absolute Gasteiger partial charge is 0.212 e. The molecule has 0 saturated carbocycles. The van der Waals surface area contributed by atoms with Gasteiger partial charge in [0, 0.05) is 18.2 Å². The molecule has 0 aliphatic carbocycles. The summed E-state index contributed by atoms with van der Waals surface area (Å²) < 4.78 is 13.1. The van der Waals surface area contributed by atoms with E-state index < -0.39 is 7.44 Å². The summed E-state index contributed by atoms with van der Waals surface area (Å²) in [6, 6.07) is 20.3. The number of benzene rings is 2. The van der Waals surface area contributed by atoms with Gasteiger partial charge in [0.15, 0.2) is 0 Å². The van der Waals surface area contributed by atoms with Gasteiger partial charge < -0.3 is 0 Å². The second-order valence-electron chi connectivity index (χ2n) is 5.58. The second-order valence-corrected chi connectivity index (χ2v) is 8.21. The third-order valence-electron chi connectivity index (χ3n) is 3.85. The van der Waals surface area contributed by atoms with Crippen molar-refractivity contribution in [2.24, 2.45) is 0 Å². The summed E-state index contributed by atoms with van der Waals surface area (Å²) in [4.78, 5) is 0. The Morgan fingerprint density at radius 1 is 0.818 bits per heavy atom. The maximum Gasteiger partial charge on any atom is 0.212 e. The highest BCUT2D eigenvalue weighted by Crippen LogP contribution is 2.41. The summed E-state index contributed by atoms with van der Waals surface area (Å²) in [5, 5.41) is 6.61. The highest BCUT2D eigenvalue weighted by atomic mass is 31.2. The maximum atomic E-state index is 13.1. The van der Waals surface area contributed by atoms with Crippen molar-refractivity contribution in [2.45, 2.75) is 32.9 Å². The Morgan fingerprint density at radius 2 is 1.18 bits per heavy atom. The van der Waals surface area contributed by atoms with Crippen molar-refractivity contribution >= 4 is 7.44 Å². The molecule has 3 nitrogen and oxygen atoms in total. The van der Waals surface area contributed by atoms with Gasteiger partial charge in [0.25, 0.3) is 0 Å². The molecule has 0 bridgehead atoms. The van der Waals surface area contributed by atoms with Crippen molar-refractivity contribution in [3.05, 3.63) is 71.8 Å². The van der Waals surface area contributed by atoms with Crippen LogP contribution in [0.5, 0.6) is 0 Å². The quantitative estimate of drug-likeness (QED) is 0.714. The molecule has 22 heavy (non-hydrogen) atoms. The van der Waals surface area contributed by atoms with Crippen LogP contribution in [0.4, 0.5) is 0 Å². The molecule has 0 radical (unpaired) electrons. The molecular formula is C18H25N2OP. The molecule has 0 heterocycles. The van der Waals surface area contributed by atoms with Crippen LogP contribution in [0.25, 0.3) is 0 Å². The normalized spacial score (nSPS) is 14.5. The van der Waals surface area contributed by atoms with Gasteiger partial charge in [-0.3, -0.25) is 4.57 Å². The first kappa shape index (κ1) is 17.0. The molecule has 0 unspecified atom stereocenters. The van der Waals surface area contributed by atoms with Gasteiger partial charge in [-0.2, -0.15) is 0 Å². The van der Waals surface area contributed by atoms with E-state index in [0.29, 0.717) is 6.16 Å². The molecule has 118 valence electrons. The molecule has 2 atom stereocenters. The van der Waals surface area contributed by atoms with E-state index in [2.05, 4.69) is 34.4 Å². The molecule has 2 aromatic rings. The zero-order chi connectivity index (χ0) is 16.0. The summed E-state index contributed by atoms with van der Waals surface area (Å²) in [5.74, 6) is 0. The van der Waals surface area contributed by atoms with Gasteiger partial charge in [-0.15, -0.1) is 0 Å². The first-order valence-corrected chi connectivity index (χ1v) is 9.68. The minimum Gasteiger partial charge on any atom is -0.289 e. The standard InChI is InChI=1S/C18H25N2OP/c1-4-22(21,19-15(2)17-11-7-5-8-12-17)20-16(3)18-13-9-6-10-14-18/h5-16H,4H2,1-3H3,(H2,19,20,21)/t15-,16-/m1/s1. The fourth-order valence-corrected chi connectivity index (χ4v) is 4.47. The van der Waals surface area contributed by atoms with Crippen molar-refractivity contribution in [1.29, 1.82) is 0 Å². The summed E-state index contributed by atoms with van der Waals surface area (Å²) in [6.45, 7) is 6.05. The van der Waals surface area contributed by atoms with Crippen LogP contribution >= 0.6 is 7.44 Å². The van der Waals surface area contributed by atoms with E-state index in [9.17, 15) is 4.57 Å². The third kappa shape index (κ3) is 4.54. The van der Waals surface area contributed by atoms with E-state index in [1.807, 2.05) is 57.2 Å². The molecule has 2 rings (SSSR count). The second kappa shape index (κ2) is 7.73. The SMILES string of the molecule is CCP(=O)(N[C@H](C)c1ccccc1)N[C@H](C)c1ccccc1. The Hall–Kier alpha value is -1.41. The molecular weight excluding hydrogens is 291 g/mol. The van der Waals surface area contributed by atoms with Crippen LogP contribution in [0.15, 0.2) is 60.7 Å². The zero-order valence-electron chi connectivity index (χ0n) is 13.5. The van der Waals surface area contributed by atoms with Crippen LogP contribution in [-0.2, 0) is 4.57 Å². The predicted molar refractivity (Wildman–Crippen MR) is 94.1 cm³/mol. The Kier molecular flexibility index (Phi) is 5.96. The van der Waals surface area contributed by atoms with Crippen molar-refractivity contribution in [1.82, 2.24) is 10.2 Å². The van der Waals surface area contributed by atoms with Crippen molar-refractivity contribution < 1.29 is 4.57 Å². The number of nitrogens with one attached hydrogen (secondary N) is 2. The van der Waals surface area contributed by atoms with E-state index in [1.54, 1.807) is 0 Å². The lowest BCUT2D eigenvalue weighted by Gasteiger charge is -2.27. The van der Waals surface area contributed by atoms with E-state index in [-0.39, 0.29) is 12.1 Å². The first-order valence-electron chi connectivity index (χ1n) is 7.78. The molecule has 0 aliphatic rings. The number of hydrogen-bond acceptors (Lipinski definition) is 1. The van der Waals surface area contributed by atoms with E-state index in [1.165, 1.54) is 0 Å². The van der Waals surface area contributed by atoms with Gasteiger partial charge in [0.2, 0.25) is 7.44 Å². The monoisotopic (exact) mass is 316 g/mol. The Morgan fingerprint density at radius 3 is 1.50 bits per heavy atom. The molecule has 2 aromatic carbocycles. The van der Waals surface area contributed by atoms with Crippen LogP contribution in [0.2, 0.25) is 0 Å². The third-order valence-corrected chi connectivity index (χ3v) is 6.35. The molecule has 0 amide bonds. The predicted octanol–water partition coefficient (Wildman–Crippen LogP) is 4.90. The number of hydrogen-bond donors (Lipinski definition) is 2. The summed E-state index contributed by atoms with van der Waals surface area (Å²) in [5.41, 5.74) is 2.29. The molecule has 0 spiro atoms. The molecule has 0 aromatic heterocycles. The zero-order valence-corrected chi connectivity index (χ0v) is 14.4. The van der Waals surface area contributed by atoms with Crippen LogP contribution in [0.1, 0.15) is 44.0 Å². The first-order chi connectivity index (χ1) is 10.5. The van der Waals surface area contributed by atoms with Crippen molar-refractivity contribution in [3.63, 3.8) is 0 Å². The van der Waals surface area contributed by atoms with Crippen LogP contribution in [-0.4, -0.2) is 6.16 Å².